The summed E-state index contributed by atoms with van der Waals surface area (Å²) in [4.78, 5) is 0. The van der Waals surface area contributed by atoms with Crippen LogP contribution in [0.2, 0.25) is 0 Å². The van der Waals surface area contributed by atoms with Gasteiger partial charge in [0.2, 0.25) is 0 Å². The van der Waals surface area contributed by atoms with Gasteiger partial charge in [0.1, 0.15) is 18.1 Å². The molecule has 0 fully saturated rings. The summed E-state index contributed by atoms with van der Waals surface area (Å²) in [5, 5.41) is 3.34. The Morgan fingerprint density at radius 3 is 2.89 bits per heavy atom. The van der Waals surface area contributed by atoms with Crippen LogP contribution in [0, 0.1) is 0 Å². The fourth-order valence-electron chi connectivity index (χ4n) is 1.67. The van der Waals surface area contributed by atoms with Gasteiger partial charge < -0.3 is 14.5 Å². The molecule has 0 amide bonds. The molecule has 2 aromatic rings. The van der Waals surface area contributed by atoms with Crippen LogP contribution in [0.5, 0.6) is 5.75 Å². The first kappa shape index (κ1) is 14.2. The number of ether oxygens (including phenoxy) is 1. The third kappa shape index (κ3) is 4.40. The molecule has 0 saturated carbocycles. The molecule has 0 unspecified atom stereocenters. The number of rotatable bonds is 6. The standard InChI is InChI=1S/C15H18BrNO2/c1-11(2)17-9-15-12(6-7-18-15)10-19-14-5-3-4-13(16)8-14/h3-8,11,17H,9-10H2,1-2H3. The van der Waals surface area contributed by atoms with E-state index in [1.165, 1.54) is 0 Å². The van der Waals surface area contributed by atoms with E-state index in [1.807, 2.05) is 30.3 Å². The zero-order valence-corrected chi connectivity index (χ0v) is 12.7. The Kier molecular flexibility index (Phi) is 5.05. The highest BCUT2D eigenvalue weighted by Crippen LogP contribution is 2.20. The molecule has 0 aliphatic heterocycles. The second-order valence-electron chi connectivity index (χ2n) is 4.65. The first-order valence-electron chi connectivity index (χ1n) is 6.32. The van der Waals surface area contributed by atoms with Gasteiger partial charge in [-0.15, -0.1) is 0 Å². The topological polar surface area (TPSA) is 34.4 Å². The maximum absolute atomic E-state index is 5.76. The molecule has 3 nitrogen and oxygen atoms in total. The van der Waals surface area contributed by atoms with Crippen LogP contribution in [-0.2, 0) is 13.2 Å². The molecule has 1 aromatic carbocycles. The van der Waals surface area contributed by atoms with Gasteiger partial charge in [0.25, 0.3) is 0 Å². The number of halogens is 1. The van der Waals surface area contributed by atoms with Gasteiger partial charge in [-0.1, -0.05) is 35.8 Å². The van der Waals surface area contributed by atoms with E-state index in [9.17, 15) is 0 Å². The molecule has 0 spiro atoms. The Morgan fingerprint density at radius 2 is 2.16 bits per heavy atom. The monoisotopic (exact) mass is 323 g/mol. The summed E-state index contributed by atoms with van der Waals surface area (Å²) >= 11 is 3.43. The fraction of sp³-hybridized carbons (Fsp3) is 0.333. The van der Waals surface area contributed by atoms with Crippen LogP contribution >= 0.6 is 15.9 Å². The third-order valence-corrected chi connectivity index (χ3v) is 3.19. The van der Waals surface area contributed by atoms with Gasteiger partial charge in [-0.05, 0) is 24.3 Å². The lowest BCUT2D eigenvalue weighted by Gasteiger charge is -2.09. The predicted octanol–water partition coefficient (Wildman–Crippen LogP) is 4.12. The summed E-state index contributed by atoms with van der Waals surface area (Å²) in [6, 6.07) is 10.2. The Balaban J connectivity index is 1.94. The summed E-state index contributed by atoms with van der Waals surface area (Å²) in [6.07, 6.45) is 1.71. The van der Waals surface area contributed by atoms with Gasteiger partial charge in [-0.3, -0.25) is 0 Å². The van der Waals surface area contributed by atoms with Crippen molar-refractivity contribution in [1.82, 2.24) is 5.32 Å². The van der Waals surface area contributed by atoms with Crippen molar-refractivity contribution >= 4 is 15.9 Å². The number of nitrogens with one attached hydrogen (secondary N) is 1. The maximum atomic E-state index is 5.76. The van der Waals surface area contributed by atoms with Crippen molar-refractivity contribution in [1.29, 1.82) is 0 Å². The summed E-state index contributed by atoms with van der Waals surface area (Å²) in [5.41, 5.74) is 1.08. The summed E-state index contributed by atoms with van der Waals surface area (Å²) in [6.45, 7) is 5.46. The largest absolute Gasteiger partial charge is 0.489 e. The molecule has 0 bridgehead atoms. The van der Waals surface area contributed by atoms with E-state index in [1.54, 1.807) is 6.26 Å². The first-order chi connectivity index (χ1) is 9.15. The minimum Gasteiger partial charge on any atom is -0.489 e. The van der Waals surface area contributed by atoms with E-state index >= 15 is 0 Å². The lowest BCUT2D eigenvalue weighted by atomic mass is 10.2. The van der Waals surface area contributed by atoms with Crippen molar-refractivity contribution in [3.8, 4) is 5.75 Å². The smallest absolute Gasteiger partial charge is 0.124 e. The van der Waals surface area contributed by atoms with Crippen molar-refractivity contribution in [3.63, 3.8) is 0 Å². The van der Waals surface area contributed by atoms with E-state index in [4.69, 9.17) is 9.15 Å². The molecule has 102 valence electrons. The summed E-state index contributed by atoms with van der Waals surface area (Å²) < 4.78 is 12.2. The molecule has 0 aliphatic carbocycles. The highest BCUT2D eigenvalue weighted by Gasteiger charge is 2.07. The van der Waals surface area contributed by atoms with Crippen LogP contribution < -0.4 is 10.1 Å². The van der Waals surface area contributed by atoms with Gasteiger partial charge in [0.15, 0.2) is 0 Å². The summed E-state index contributed by atoms with van der Waals surface area (Å²) in [5.74, 6) is 1.78. The van der Waals surface area contributed by atoms with Crippen LogP contribution in [0.3, 0.4) is 0 Å². The van der Waals surface area contributed by atoms with Crippen LogP contribution in [0.1, 0.15) is 25.2 Å². The highest BCUT2D eigenvalue weighted by molar-refractivity contribution is 9.10. The van der Waals surface area contributed by atoms with Crippen molar-refractivity contribution in [2.45, 2.75) is 33.0 Å². The quantitative estimate of drug-likeness (QED) is 0.868. The molecule has 1 aromatic heterocycles. The van der Waals surface area contributed by atoms with Crippen LogP contribution in [0.4, 0.5) is 0 Å². The van der Waals surface area contributed by atoms with Gasteiger partial charge in [-0.2, -0.15) is 0 Å². The van der Waals surface area contributed by atoms with Crippen molar-refractivity contribution in [3.05, 3.63) is 52.4 Å². The first-order valence-corrected chi connectivity index (χ1v) is 7.11. The van der Waals surface area contributed by atoms with Gasteiger partial charge >= 0.3 is 0 Å². The van der Waals surface area contributed by atoms with Crippen molar-refractivity contribution < 1.29 is 9.15 Å². The molecule has 4 heteroatoms. The molecule has 1 N–H and O–H groups in total. The molecule has 1 heterocycles. The Bertz CT molecular complexity index is 522. The van der Waals surface area contributed by atoms with E-state index in [-0.39, 0.29) is 0 Å². The lowest BCUT2D eigenvalue weighted by Crippen LogP contribution is -2.22. The maximum Gasteiger partial charge on any atom is 0.124 e. The zero-order chi connectivity index (χ0) is 13.7. The van der Waals surface area contributed by atoms with Crippen LogP contribution in [0.15, 0.2) is 45.5 Å². The minimum absolute atomic E-state index is 0.434. The number of hydrogen-bond donors (Lipinski definition) is 1. The van der Waals surface area contributed by atoms with E-state index < -0.39 is 0 Å². The number of benzene rings is 1. The number of hydrogen-bond acceptors (Lipinski definition) is 3. The average molecular weight is 324 g/mol. The third-order valence-electron chi connectivity index (χ3n) is 2.70. The molecule has 2 rings (SSSR count). The molecular weight excluding hydrogens is 306 g/mol. The fourth-order valence-corrected chi connectivity index (χ4v) is 2.04. The average Bonchev–Trinajstić information content (AvgIpc) is 2.81. The molecule has 0 saturated heterocycles. The molecule has 0 atom stereocenters. The highest BCUT2D eigenvalue weighted by atomic mass is 79.9. The SMILES string of the molecule is CC(C)NCc1occc1COc1cccc(Br)c1. The van der Waals surface area contributed by atoms with Crippen molar-refractivity contribution in [2.75, 3.05) is 0 Å². The predicted molar refractivity (Wildman–Crippen MR) is 79.2 cm³/mol. The van der Waals surface area contributed by atoms with Crippen LogP contribution in [0.25, 0.3) is 0 Å². The summed E-state index contributed by atoms with van der Waals surface area (Å²) in [7, 11) is 0. The zero-order valence-electron chi connectivity index (χ0n) is 11.2. The van der Waals surface area contributed by atoms with E-state index in [2.05, 4.69) is 35.1 Å². The number of furan rings is 1. The molecule has 0 radical (unpaired) electrons. The van der Waals surface area contributed by atoms with Gasteiger partial charge in [0, 0.05) is 16.1 Å². The second-order valence-corrected chi connectivity index (χ2v) is 5.57. The Labute approximate surface area is 122 Å². The normalized spacial score (nSPS) is 10.9. The van der Waals surface area contributed by atoms with Crippen LogP contribution in [-0.4, -0.2) is 6.04 Å². The Morgan fingerprint density at radius 1 is 1.32 bits per heavy atom. The second kappa shape index (κ2) is 6.78. The Hall–Kier alpha value is -1.26. The molecule has 19 heavy (non-hydrogen) atoms. The lowest BCUT2D eigenvalue weighted by molar-refractivity contribution is 0.300. The van der Waals surface area contributed by atoms with E-state index in [0.717, 1.165) is 28.1 Å². The minimum atomic E-state index is 0.434. The van der Waals surface area contributed by atoms with Gasteiger partial charge in [0.05, 0.1) is 12.8 Å². The van der Waals surface area contributed by atoms with Crippen molar-refractivity contribution in [2.24, 2.45) is 0 Å². The van der Waals surface area contributed by atoms with Gasteiger partial charge in [-0.25, -0.2) is 0 Å². The van der Waals surface area contributed by atoms with E-state index in [0.29, 0.717) is 12.6 Å². The molecular formula is C15H18BrNO2. The molecule has 0 aliphatic rings.